The van der Waals surface area contributed by atoms with Crippen LogP contribution in [0.1, 0.15) is 25.3 Å². The van der Waals surface area contributed by atoms with Gasteiger partial charge in [0.1, 0.15) is 0 Å². The van der Waals surface area contributed by atoms with Crippen LogP contribution in [0.15, 0.2) is 17.1 Å². The van der Waals surface area contributed by atoms with Crippen LogP contribution in [0.25, 0.3) is 0 Å². The highest BCUT2D eigenvalue weighted by atomic mass is 16.5. The quantitative estimate of drug-likeness (QED) is 0.310. The van der Waals surface area contributed by atoms with Gasteiger partial charge in [-0.2, -0.15) is 0 Å². The molecule has 1 saturated heterocycles. The number of hydrogen-bond donors (Lipinski definition) is 2. The Morgan fingerprint density at radius 1 is 1.14 bits per heavy atom. The molecule has 1 atom stereocenters. The molecule has 0 aliphatic carbocycles. The number of benzene rings is 1. The summed E-state index contributed by atoms with van der Waals surface area (Å²) in [5.41, 5.74) is 1.04. The van der Waals surface area contributed by atoms with Gasteiger partial charge < -0.3 is 34.3 Å². The molecule has 1 aromatic carbocycles. The minimum absolute atomic E-state index is 0.252. The monoisotopic (exact) mass is 409 g/mol. The van der Waals surface area contributed by atoms with E-state index >= 15 is 0 Å². The zero-order chi connectivity index (χ0) is 20.9. The molecule has 1 aliphatic heterocycles. The van der Waals surface area contributed by atoms with Gasteiger partial charge in [-0.05, 0) is 32.3 Å². The molecule has 0 bridgehead atoms. The van der Waals surface area contributed by atoms with Crippen LogP contribution in [-0.2, 0) is 15.9 Å². The van der Waals surface area contributed by atoms with E-state index in [4.69, 9.17) is 23.7 Å². The van der Waals surface area contributed by atoms with E-state index in [1.807, 2.05) is 12.1 Å². The summed E-state index contributed by atoms with van der Waals surface area (Å²) in [6, 6.07) is 3.89. The first kappa shape index (κ1) is 23.1. The number of rotatable bonds is 12. The third kappa shape index (κ3) is 7.29. The molecule has 0 amide bonds. The summed E-state index contributed by atoms with van der Waals surface area (Å²) >= 11 is 0. The molecule has 2 N–H and O–H groups in total. The maximum Gasteiger partial charge on any atom is 0.203 e. The van der Waals surface area contributed by atoms with E-state index in [9.17, 15) is 0 Å². The third-order valence-electron chi connectivity index (χ3n) is 4.63. The molecule has 8 heteroatoms. The number of nitrogens with one attached hydrogen (secondary N) is 2. The van der Waals surface area contributed by atoms with Crippen molar-refractivity contribution in [3.63, 3.8) is 0 Å². The molecule has 0 radical (unpaired) electrons. The van der Waals surface area contributed by atoms with Crippen molar-refractivity contribution in [1.29, 1.82) is 0 Å². The molecule has 1 unspecified atom stereocenters. The second kappa shape index (κ2) is 13.1. The van der Waals surface area contributed by atoms with E-state index < -0.39 is 0 Å². The highest BCUT2D eigenvalue weighted by molar-refractivity contribution is 5.79. The Labute approximate surface area is 173 Å². The average molecular weight is 410 g/mol. The molecule has 164 valence electrons. The first-order chi connectivity index (χ1) is 14.2. The summed E-state index contributed by atoms with van der Waals surface area (Å²) in [5, 5.41) is 6.64. The molecule has 1 heterocycles. The fourth-order valence-corrected chi connectivity index (χ4v) is 3.17. The van der Waals surface area contributed by atoms with Gasteiger partial charge in [0.05, 0.1) is 34.0 Å². The Bertz CT molecular complexity index is 633. The normalized spacial score (nSPS) is 16.6. The molecule has 0 spiro atoms. The second-order valence-corrected chi connectivity index (χ2v) is 6.64. The summed E-state index contributed by atoms with van der Waals surface area (Å²) in [6.45, 7) is 6.52. The van der Waals surface area contributed by atoms with Crippen LogP contribution >= 0.6 is 0 Å². The van der Waals surface area contributed by atoms with E-state index in [1.165, 1.54) is 0 Å². The van der Waals surface area contributed by atoms with Gasteiger partial charge in [0, 0.05) is 38.4 Å². The topological polar surface area (TPSA) is 82.6 Å². The van der Waals surface area contributed by atoms with Crippen LogP contribution in [-0.4, -0.2) is 72.8 Å². The van der Waals surface area contributed by atoms with Crippen molar-refractivity contribution in [3.8, 4) is 17.2 Å². The molecule has 29 heavy (non-hydrogen) atoms. The summed E-state index contributed by atoms with van der Waals surface area (Å²) in [7, 11) is 4.87. The first-order valence-electron chi connectivity index (χ1n) is 10.2. The SMILES string of the molecule is CCNC(=NCCCOC1CCOC1)NCCc1ccc(OC)c(OC)c1OC. The zero-order valence-electron chi connectivity index (χ0n) is 18.1. The van der Waals surface area contributed by atoms with Gasteiger partial charge in [0.15, 0.2) is 17.5 Å². The Kier molecular flexibility index (Phi) is 10.4. The van der Waals surface area contributed by atoms with Crippen molar-refractivity contribution in [3.05, 3.63) is 17.7 Å². The van der Waals surface area contributed by atoms with E-state index in [2.05, 4.69) is 22.5 Å². The minimum atomic E-state index is 0.252. The van der Waals surface area contributed by atoms with Crippen LogP contribution in [0.4, 0.5) is 0 Å². The molecule has 0 saturated carbocycles. The Balaban J connectivity index is 1.82. The van der Waals surface area contributed by atoms with Crippen LogP contribution < -0.4 is 24.8 Å². The Morgan fingerprint density at radius 3 is 2.62 bits per heavy atom. The van der Waals surface area contributed by atoms with Gasteiger partial charge in [-0.1, -0.05) is 6.07 Å². The summed E-state index contributed by atoms with van der Waals surface area (Å²) in [4.78, 5) is 4.62. The van der Waals surface area contributed by atoms with Crippen molar-refractivity contribution in [2.24, 2.45) is 4.99 Å². The fourth-order valence-electron chi connectivity index (χ4n) is 3.17. The van der Waals surface area contributed by atoms with E-state index in [-0.39, 0.29) is 6.10 Å². The minimum Gasteiger partial charge on any atom is -0.493 e. The fraction of sp³-hybridized carbons (Fsp3) is 0.667. The van der Waals surface area contributed by atoms with Gasteiger partial charge >= 0.3 is 0 Å². The van der Waals surface area contributed by atoms with Crippen molar-refractivity contribution >= 4 is 5.96 Å². The number of nitrogens with zero attached hydrogens (tertiary/aromatic N) is 1. The maximum atomic E-state index is 5.78. The van der Waals surface area contributed by atoms with E-state index in [0.717, 1.165) is 43.9 Å². The van der Waals surface area contributed by atoms with Crippen LogP contribution in [0.2, 0.25) is 0 Å². The molecule has 1 aliphatic rings. The maximum absolute atomic E-state index is 5.78. The standard InChI is InChI=1S/C21H35N3O5/c1-5-22-21(23-11-6-13-29-17-10-14-28-15-17)24-12-9-16-7-8-18(25-2)20(27-4)19(16)26-3/h7-8,17H,5-6,9-15H2,1-4H3,(H2,22,23,24). The smallest absolute Gasteiger partial charge is 0.203 e. The predicted molar refractivity (Wildman–Crippen MR) is 114 cm³/mol. The summed E-state index contributed by atoms with van der Waals surface area (Å²) in [5.74, 6) is 2.77. The van der Waals surface area contributed by atoms with Gasteiger partial charge in [0.2, 0.25) is 5.75 Å². The lowest BCUT2D eigenvalue weighted by atomic mass is 10.1. The van der Waals surface area contributed by atoms with Crippen LogP contribution in [0.3, 0.4) is 0 Å². The number of aliphatic imine (C=N–C) groups is 1. The number of guanidine groups is 1. The molecule has 8 nitrogen and oxygen atoms in total. The molecular weight excluding hydrogens is 374 g/mol. The van der Waals surface area contributed by atoms with E-state index in [1.54, 1.807) is 21.3 Å². The predicted octanol–water partition coefficient (Wildman–Crippen LogP) is 2.01. The largest absolute Gasteiger partial charge is 0.493 e. The van der Waals surface area contributed by atoms with E-state index in [0.29, 0.717) is 43.6 Å². The summed E-state index contributed by atoms with van der Waals surface area (Å²) < 4.78 is 27.4. The molecular formula is C21H35N3O5. The molecule has 2 rings (SSSR count). The summed E-state index contributed by atoms with van der Waals surface area (Å²) in [6.07, 6.45) is 2.89. The lowest BCUT2D eigenvalue weighted by Gasteiger charge is -2.16. The average Bonchev–Trinajstić information content (AvgIpc) is 3.26. The first-order valence-corrected chi connectivity index (χ1v) is 10.2. The molecule has 1 fully saturated rings. The molecule has 1 aromatic rings. The Hall–Kier alpha value is -2.19. The zero-order valence-corrected chi connectivity index (χ0v) is 18.1. The third-order valence-corrected chi connectivity index (χ3v) is 4.63. The highest BCUT2D eigenvalue weighted by Gasteiger charge is 2.16. The highest BCUT2D eigenvalue weighted by Crippen LogP contribution is 2.39. The second-order valence-electron chi connectivity index (χ2n) is 6.64. The lowest BCUT2D eigenvalue weighted by molar-refractivity contribution is 0.0424. The number of methoxy groups -OCH3 is 3. The van der Waals surface area contributed by atoms with Crippen molar-refractivity contribution in [1.82, 2.24) is 10.6 Å². The van der Waals surface area contributed by atoms with Crippen LogP contribution in [0.5, 0.6) is 17.2 Å². The lowest BCUT2D eigenvalue weighted by Crippen LogP contribution is -2.38. The van der Waals surface area contributed by atoms with Gasteiger partial charge in [-0.25, -0.2) is 0 Å². The van der Waals surface area contributed by atoms with Gasteiger partial charge in [0.25, 0.3) is 0 Å². The van der Waals surface area contributed by atoms with Crippen molar-refractivity contribution in [2.75, 3.05) is 60.8 Å². The Morgan fingerprint density at radius 2 is 1.97 bits per heavy atom. The van der Waals surface area contributed by atoms with Gasteiger partial charge in [-0.15, -0.1) is 0 Å². The van der Waals surface area contributed by atoms with Crippen molar-refractivity contribution in [2.45, 2.75) is 32.3 Å². The number of hydrogen-bond acceptors (Lipinski definition) is 6. The molecule has 0 aromatic heterocycles. The number of ether oxygens (including phenoxy) is 5. The van der Waals surface area contributed by atoms with Crippen molar-refractivity contribution < 1.29 is 23.7 Å². The van der Waals surface area contributed by atoms with Crippen LogP contribution in [0, 0.1) is 0 Å². The van der Waals surface area contributed by atoms with Gasteiger partial charge in [-0.3, -0.25) is 4.99 Å².